The molecule has 3 aromatic rings. The quantitative estimate of drug-likeness (QED) is 0.383. The minimum absolute atomic E-state index is 0.0310. The zero-order chi connectivity index (χ0) is 28.9. The van der Waals surface area contributed by atoms with E-state index in [2.05, 4.69) is 5.32 Å². The molecular weight excluding hydrogens is 561 g/mol. The van der Waals surface area contributed by atoms with Gasteiger partial charge >= 0.3 is 0 Å². The molecule has 3 aromatic carbocycles. The fourth-order valence-electron chi connectivity index (χ4n) is 4.32. The number of hydrogen-bond donors (Lipinski definition) is 1. The van der Waals surface area contributed by atoms with Crippen molar-refractivity contribution in [2.45, 2.75) is 30.8 Å². The van der Waals surface area contributed by atoms with Crippen molar-refractivity contribution in [1.29, 1.82) is 0 Å². The molecule has 0 saturated heterocycles. The molecule has 0 aromatic heterocycles. The van der Waals surface area contributed by atoms with E-state index in [1.165, 1.54) is 42.3 Å². The molecule has 4 rings (SSSR count). The average molecular weight is 590 g/mol. The molecule has 0 unspecified atom stereocenters. The zero-order valence-corrected chi connectivity index (χ0v) is 23.5. The molecule has 212 valence electrons. The van der Waals surface area contributed by atoms with E-state index in [0.717, 1.165) is 16.4 Å². The Morgan fingerprint density at radius 3 is 2.27 bits per heavy atom. The second-order valence-electron chi connectivity index (χ2n) is 8.98. The number of nitrogens with one attached hydrogen (secondary N) is 1. The molecular formula is C28H29ClFN3O6S. The predicted octanol–water partition coefficient (Wildman–Crippen LogP) is 4.00. The van der Waals surface area contributed by atoms with Crippen molar-refractivity contribution in [3.63, 3.8) is 0 Å². The van der Waals surface area contributed by atoms with Gasteiger partial charge in [0.2, 0.25) is 11.8 Å². The van der Waals surface area contributed by atoms with Crippen LogP contribution in [0.5, 0.6) is 11.5 Å². The maximum absolute atomic E-state index is 14.0. The molecule has 0 fully saturated rings. The molecule has 9 nitrogen and oxygen atoms in total. The molecule has 1 aliphatic rings. The molecule has 0 saturated carbocycles. The molecule has 1 aliphatic heterocycles. The first-order chi connectivity index (χ1) is 19.1. The van der Waals surface area contributed by atoms with Gasteiger partial charge in [-0.15, -0.1) is 0 Å². The van der Waals surface area contributed by atoms with E-state index >= 15 is 0 Å². The lowest BCUT2D eigenvalue weighted by molar-refractivity contribution is -0.140. The summed E-state index contributed by atoms with van der Waals surface area (Å²) in [6.45, 7) is 1.73. The predicted molar refractivity (Wildman–Crippen MR) is 149 cm³/mol. The smallest absolute Gasteiger partial charge is 0.264 e. The van der Waals surface area contributed by atoms with E-state index in [9.17, 15) is 22.4 Å². The normalized spacial score (nSPS) is 13.3. The summed E-state index contributed by atoms with van der Waals surface area (Å²) in [5.41, 5.74) is 0.771. The Kier molecular flexibility index (Phi) is 9.16. The van der Waals surface area contributed by atoms with Crippen LogP contribution in [0, 0.1) is 5.82 Å². The maximum Gasteiger partial charge on any atom is 0.264 e. The maximum atomic E-state index is 14.0. The summed E-state index contributed by atoms with van der Waals surface area (Å²) in [7, 11) is -2.89. The van der Waals surface area contributed by atoms with Crippen LogP contribution in [0.1, 0.15) is 18.9 Å². The van der Waals surface area contributed by atoms with E-state index in [1.54, 1.807) is 31.2 Å². The molecule has 0 aliphatic carbocycles. The van der Waals surface area contributed by atoms with Crippen molar-refractivity contribution < 1.29 is 31.9 Å². The molecule has 12 heteroatoms. The highest BCUT2D eigenvalue weighted by Gasteiger charge is 2.34. The molecule has 0 radical (unpaired) electrons. The molecule has 1 heterocycles. The third-order valence-corrected chi connectivity index (χ3v) is 8.42. The van der Waals surface area contributed by atoms with Crippen LogP contribution in [0.4, 0.5) is 10.1 Å². The Morgan fingerprint density at radius 1 is 1.00 bits per heavy atom. The Labute approximate surface area is 237 Å². The second kappa shape index (κ2) is 12.6. The summed E-state index contributed by atoms with van der Waals surface area (Å²) in [5.74, 6) is -0.932. The summed E-state index contributed by atoms with van der Waals surface area (Å²) < 4.78 is 53.6. The number of sulfonamides is 1. The SMILES string of the molecule is CC[C@@H](C(=O)NC)N(Cc1ccc(Cl)cc1)C(=O)CN(c1ccc(F)cc1)S(=O)(=O)c1ccc2c(c1)OCCO2. The number of anilines is 1. The largest absolute Gasteiger partial charge is 0.486 e. The fraction of sp³-hybridized carbons (Fsp3) is 0.286. The van der Waals surface area contributed by atoms with Gasteiger partial charge in [-0.05, 0) is 60.5 Å². The van der Waals surface area contributed by atoms with Crippen LogP contribution in [0.25, 0.3) is 0 Å². The van der Waals surface area contributed by atoms with Gasteiger partial charge in [-0.3, -0.25) is 13.9 Å². The lowest BCUT2D eigenvalue weighted by atomic mass is 10.1. The molecule has 0 spiro atoms. The first kappa shape index (κ1) is 29.2. The number of carbonyl (C=O) groups is 2. The van der Waals surface area contributed by atoms with Crippen LogP contribution in [-0.4, -0.2) is 58.0 Å². The lowest BCUT2D eigenvalue weighted by Gasteiger charge is -2.33. The highest BCUT2D eigenvalue weighted by molar-refractivity contribution is 7.92. The van der Waals surface area contributed by atoms with Gasteiger partial charge in [0.15, 0.2) is 11.5 Å². The van der Waals surface area contributed by atoms with Gasteiger partial charge in [-0.1, -0.05) is 30.7 Å². The average Bonchev–Trinajstić information content (AvgIpc) is 2.96. The van der Waals surface area contributed by atoms with E-state index in [4.69, 9.17) is 21.1 Å². The van der Waals surface area contributed by atoms with Crippen molar-refractivity contribution in [1.82, 2.24) is 10.2 Å². The number of nitrogens with zero attached hydrogens (tertiary/aromatic N) is 2. The standard InChI is InChI=1S/C28H29ClFN3O6S/c1-3-24(28(35)31-2)32(17-19-4-6-20(29)7-5-19)27(34)18-33(22-10-8-21(30)9-11-22)40(36,37)23-12-13-25-26(16-23)39-15-14-38-25/h4-13,16,24H,3,14-15,17-18H2,1-2H3,(H,31,35)/t24-/m0/s1. The number of benzene rings is 3. The fourth-order valence-corrected chi connectivity index (χ4v) is 5.88. The molecule has 1 N–H and O–H groups in total. The number of likely N-dealkylation sites (N-methyl/N-ethyl adjacent to an activating group) is 1. The summed E-state index contributed by atoms with van der Waals surface area (Å²) >= 11 is 6.01. The first-order valence-corrected chi connectivity index (χ1v) is 14.4. The van der Waals surface area contributed by atoms with Crippen LogP contribution in [0.3, 0.4) is 0 Å². The zero-order valence-electron chi connectivity index (χ0n) is 22.0. The highest BCUT2D eigenvalue weighted by Crippen LogP contribution is 2.34. The van der Waals surface area contributed by atoms with Crippen molar-refractivity contribution >= 4 is 39.1 Å². The number of carbonyl (C=O) groups excluding carboxylic acids is 2. The van der Waals surface area contributed by atoms with Gasteiger partial charge in [-0.25, -0.2) is 12.8 Å². The molecule has 1 atom stereocenters. The van der Waals surface area contributed by atoms with Crippen LogP contribution >= 0.6 is 11.6 Å². The van der Waals surface area contributed by atoms with E-state index in [1.807, 2.05) is 0 Å². The topological polar surface area (TPSA) is 105 Å². The molecule has 0 bridgehead atoms. The minimum Gasteiger partial charge on any atom is -0.486 e. The summed E-state index contributed by atoms with van der Waals surface area (Å²) in [6, 6.07) is 14.8. The molecule has 40 heavy (non-hydrogen) atoms. The van der Waals surface area contributed by atoms with Gasteiger partial charge in [0.25, 0.3) is 10.0 Å². The Morgan fingerprint density at radius 2 is 1.65 bits per heavy atom. The Hall–Kier alpha value is -3.83. The van der Waals surface area contributed by atoms with Crippen molar-refractivity contribution in [3.05, 3.63) is 83.1 Å². The van der Waals surface area contributed by atoms with Crippen molar-refractivity contribution in [3.8, 4) is 11.5 Å². The van der Waals surface area contributed by atoms with Gasteiger partial charge in [0, 0.05) is 24.7 Å². The number of fused-ring (bicyclic) bond motifs is 1. The van der Waals surface area contributed by atoms with E-state index < -0.39 is 40.2 Å². The lowest BCUT2D eigenvalue weighted by Crippen LogP contribution is -2.51. The third kappa shape index (κ3) is 6.48. The summed E-state index contributed by atoms with van der Waals surface area (Å²) in [5, 5.41) is 3.08. The first-order valence-electron chi connectivity index (χ1n) is 12.6. The van der Waals surface area contributed by atoms with Gasteiger partial charge in [0.05, 0.1) is 10.6 Å². The van der Waals surface area contributed by atoms with Gasteiger partial charge in [-0.2, -0.15) is 0 Å². The molecule has 2 amide bonds. The minimum atomic E-state index is -4.36. The monoisotopic (exact) mass is 589 g/mol. The van der Waals surface area contributed by atoms with Gasteiger partial charge < -0.3 is 19.7 Å². The number of rotatable bonds is 10. The van der Waals surface area contributed by atoms with E-state index in [-0.39, 0.29) is 35.9 Å². The van der Waals surface area contributed by atoms with Crippen LogP contribution in [0.15, 0.2) is 71.6 Å². The Balaban J connectivity index is 1.74. The Bertz CT molecular complexity index is 1470. The van der Waals surface area contributed by atoms with Crippen molar-refractivity contribution in [2.75, 3.05) is 31.1 Å². The van der Waals surface area contributed by atoms with Crippen LogP contribution < -0.4 is 19.1 Å². The highest BCUT2D eigenvalue weighted by atomic mass is 35.5. The summed E-state index contributed by atoms with van der Waals surface area (Å²) in [6.07, 6.45) is 0.282. The van der Waals surface area contributed by atoms with Crippen molar-refractivity contribution in [2.24, 2.45) is 0 Å². The number of amides is 2. The van der Waals surface area contributed by atoms with E-state index in [0.29, 0.717) is 22.9 Å². The number of halogens is 2. The van der Waals surface area contributed by atoms with Crippen LogP contribution in [0.2, 0.25) is 5.02 Å². The second-order valence-corrected chi connectivity index (χ2v) is 11.3. The number of hydrogen-bond acceptors (Lipinski definition) is 6. The van der Waals surface area contributed by atoms with Gasteiger partial charge in [0.1, 0.15) is 31.6 Å². The summed E-state index contributed by atoms with van der Waals surface area (Å²) in [4.78, 5) is 27.8. The third-order valence-electron chi connectivity index (χ3n) is 6.39. The number of ether oxygens (including phenoxy) is 2. The van der Waals surface area contributed by atoms with Crippen LogP contribution in [-0.2, 0) is 26.2 Å².